The fourth-order valence-corrected chi connectivity index (χ4v) is 4.85. The third-order valence-electron chi connectivity index (χ3n) is 5.28. The van der Waals surface area contributed by atoms with Crippen LogP contribution >= 0.6 is 11.8 Å². The predicted molar refractivity (Wildman–Crippen MR) is 130 cm³/mol. The summed E-state index contributed by atoms with van der Waals surface area (Å²) in [7, 11) is 0. The van der Waals surface area contributed by atoms with Gasteiger partial charge in [0.25, 0.3) is 0 Å². The molecule has 7 heteroatoms. The minimum atomic E-state index is 0.160. The standard InChI is InChI=1S/C22H26N4OS.C2H4O/c23-16-2-6-18(7-3-16)27-19-5-1-14(12-19)20(24)13-22(25)26-17-4-8-21-15(11-17)9-10-28-21;1-2-3/h2-4,6-8,11,13-14,19H,1,5,9-10,12,23-24H2,(H2,25,26);2-3H,1H2/b20-13-;. The maximum atomic E-state index is 7.33. The number of rotatable bonds is 5. The lowest BCUT2D eigenvalue weighted by molar-refractivity contribution is 0.206. The van der Waals surface area contributed by atoms with Crippen molar-refractivity contribution in [2.24, 2.45) is 22.4 Å². The molecule has 2 aromatic rings. The first-order chi connectivity index (χ1) is 15.0. The summed E-state index contributed by atoms with van der Waals surface area (Å²) in [5, 5.41) is 7.33. The van der Waals surface area contributed by atoms with Gasteiger partial charge in [-0.2, -0.15) is 0 Å². The molecule has 1 aliphatic carbocycles. The summed E-state index contributed by atoms with van der Waals surface area (Å²) in [5.41, 5.74) is 21.9. The van der Waals surface area contributed by atoms with E-state index < -0.39 is 0 Å². The van der Waals surface area contributed by atoms with E-state index in [0.717, 1.165) is 60.5 Å². The van der Waals surface area contributed by atoms with Crippen molar-refractivity contribution in [3.05, 3.63) is 72.6 Å². The lowest BCUT2D eigenvalue weighted by Gasteiger charge is -2.14. The number of thioether (sulfide) groups is 1. The lowest BCUT2D eigenvalue weighted by atomic mass is 10.0. The van der Waals surface area contributed by atoms with Crippen LogP contribution in [0.15, 0.2) is 77.0 Å². The highest BCUT2D eigenvalue weighted by atomic mass is 32.2. The van der Waals surface area contributed by atoms with E-state index in [1.54, 1.807) is 6.08 Å². The molecule has 1 heterocycles. The first-order valence-electron chi connectivity index (χ1n) is 10.3. The molecule has 0 spiro atoms. The maximum Gasteiger partial charge on any atom is 0.125 e. The third kappa shape index (κ3) is 6.46. The fourth-order valence-electron chi connectivity index (χ4n) is 3.80. The van der Waals surface area contributed by atoms with Gasteiger partial charge in [-0.3, -0.25) is 0 Å². The Morgan fingerprint density at radius 3 is 2.65 bits per heavy atom. The van der Waals surface area contributed by atoms with E-state index in [2.05, 4.69) is 23.7 Å². The minimum absolute atomic E-state index is 0.160. The van der Waals surface area contributed by atoms with Crippen molar-refractivity contribution in [3.63, 3.8) is 0 Å². The van der Waals surface area contributed by atoms with Crippen molar-refractivity contribution >= 4 is 29.0 Å². The topological polar surface area (TPSA) is 120 Å². The zero-order valence-corrected chi connectivity index (χ0v) is 18.4. The minimum Gasteiger partial charge on any atom is -0.516 e. The largest absolute Gasteiger partial charge is 0.516 e. The Balaban J connectivity index is 0.000000858. The van der Waals surface area contributed by atoms with Gasteiger partial charge in [0, 0.05) is 28.0 Å². The number of hydrogen-bond donors (Lipinski definition) is 4. The molecule has 2 atom stereocenters. The van der Waals surface area contributed by atoms with Gasteiger partial charge in [0.15, 0.2) is 0 Å². The van der Waals surface area contributed by atoms with E-state index in [0.29, 0.717) is 5.84 Å². The number of fused-ring (bicyclic) bond motifs is 1. The van der Waals surface area contributed by atoms with Crippen LogP contribution in [0.2, 0.25) is 0 Å². The second-order valence-electron chi connectivity index (χ2n) is 7.57. The number of aliphatic hydroxyl groups is 1. The molecule has 2 aromatic carbocycles. The number of nitrogens with two attached hydrogens (primary N) is 3. The second kappa shape index (κ2) is 10.8. The quantitative estimate of drug-likeness (QED) is 0.233. The van der Waals surface area contributed by atoms with Gasteiger partial charge in [-0.25, -0.2) is 4.99 Å². The summed E-state index contributed by atoms with van der Waals surface area (Å²) < 4.78 is 6.05. The molecule has 0 amide bonds. The Labute approximate surface area is 187 Å². The number of aryl methyl sites for hydroxylation is 1. The average molecular weight is 439 g/mol. The van der Waals surface area contributed by atoms with E-state index >= 15 is 0 Å². The Morgan fingerprint density at radius 1 is 1.16 bits per heavy atom. The van der Waals surface area contributed by atoms with Crippen LogP contribution in [0.4, 0.5) is 11.4 Å². The number of ether oxygens (including phenoxy) is 1. The second-order valence-corrected chi connectivity index (χ2v) is 8.71. The molecular weight excluding hydrogens is 408 g/mol. The highest BCUT2D eigenvalue weighted by Gasteiger charge is 2.28. The zero-order chi connectivity index (χ0) is 22.2. The molecule has 6 nitrogen and oxygen atoms in total. The van der Waals surface area contributed by atoms with E-state index in [1.807, 2.05) is 42.1 Å². The highest BCUT2D eigenvalue weighted by Crippen LogP contribution is 2.34. The number of anilines is 1. The average Bonchev–Trinajstić information content (AvgIpc) is 3.39. The fraction of sp³-hybridized carbons (Fsp3) is 0.292. The van der Waals surface area contributed by atoms with Gasteiger partial charge >= 0.3 is 0 Å². The molecule has 31 heavy (non-hydrogen) atoms. The number of nitrogens with zero attached hydrogens (tertiary/aromatic N) is 1. The molecule has 7 N–H and O–H groups in total. The van der Waals surface area contributed by atoms with E-state index in [4.69, 9.17) is 27.0 Å². The van der Waals surface area contributed by atoms with Crippen LogP contribution in [-0.2, 0) is 6.42 Å². The number of hydrogen-bond acceptors (Lipinski definition) is 6. The smallest absolute Gasteiger partial charge is 0.125 e. The molecule has 1 saturated carbocycles. The molecular formula is C24H30N4O2S. The number of aliphatic imine (C=N–C) groups is 1. The summed E-state index contributed by atoms with van der Waals surface area (Å²) in [4.78, 5) is 5.88. The van der Waals surface area contributed by atoms with Crippen LogP contribution in [0.1, 0.15) is 24.8 Å². The summed E-state index contributed by atoms with van der Waals surface area (Å²) in [6.07, 6.45) is 6.66. The van der Waals surface area contributed by atoms with Gasteiger partial charge in [0.2, 0.25) is 0 Å². The lowest BCUT2D eigenvalue weighted by Crippen LogP contribution is -2.17. The van der Waals surface area contributed by atoms with Gasteiger partial charge in [0.1, 0.15) is 11.6 Å². The first-order valence-corrected chi connectivity index (χ1v) is 11.3. The first kappa shape index (κ1) is 22.6. The molecule has 0 radical (unpaired) electrons. The maximum absolute atomic E-state index is 7.33. The SMILES string of the molecule is C=CO.NC(/C=C(\N)C1CCC(Oc2ccc(N)cc2)C1)=Nc1ccc2c(c1)CCS2. The Kier molecular flexibility index (Phi) is 7.89. The van der Waals surface area contributed by atoms with Crippen LogP contribution in [0.25, 0.3) is 0 Å². The number of amidine groups is 1. The summed E-state index contributed by atoms with van der Waals surface area (Å²) in [6, 6.07) is 13.8. The van der Waals surface area contributed by atoms with Crippen LogP contribution in [-0.4, -0.2) is 22.8 Å². The molecule has 2 unspecified atom stereocenters. The van der Waals surface area contributed by atoms with Gasteiger partial charge in [-0.1, -0.05) is 6.58 Å². The van der Waals surface area contributed by atoms with Gasteiger partial charge in [0.05, 0.1) is 18.1 Å². The predicted octanol–water partition coefficient (Wildman–Crippen LogP) is 4.68. The van der Waals surface area contributed by atoms with Gasteiger partial charge in [-0.05, 0) is 79.8 Å². The van der Waals surface area contributed by atoms with Crippen LogP contribution in [0.5, 0.6) is 5.75 Å². The molecule has 2 aliphatic rings. The molecule has 4 rings (SSSR count). The summed E-state index contributed by atoms with van der Waals surface area (Å²) in [6.45, 7) is 2.92. The van der Waals surface area contributed by atoms with Crippen LogP contribution in [0, 0.1) is 5.92 Å². The highest BCUT2D eigenvalue weighted by molar-refractivity contribution is 7.99. The Morgan fingerprint density at radius 2 is 1.90 bits per heavy atom. The zero-order valence-electron chi connectivity index (χ0n) is 17.5. The van der Waals surface area contributed by atoms with Gasteiger partial charge in [-0.15, -0.1) is 11.8 Å². The monoisotopic (exact) mass is 438 g/mol. The summed E-state index contributed by atoms with van der Waals surface area (Å²) >= 11 is 1.89. The molecule has 0 aromatic heterocycles. The Hall–Kier alpha value is -3.06. The van der Waals surface area contributed by atoms with E-state index in [1.165, 1.54) is 10.5 Å². The van der Waals surface area contributed by atoms with Gasteiger partial charge < -0.3 is 27.0 Å². The van der Waals surface area contributed by atoms with Crippen molar-refractivity contribution in [3.8, 4) is 5.75 Å². The number of benzene rings is 2. The molecule has 1 fully saturated rings. The number of aliphatic hydroxyl groups excluding tert-OH is 1. The number of allylic oxidation sites excluding steroid dienone is 1. The Bertz CT molecular complexity index is 957. The summed E-state index contributed by atoms with van der Waals surface area (Å²) in [5.74, 6) is 2.71. The third-order valence-corrected chi connectivity index (χ3v) is 6.40. The van der Waals surface area contributed by atoms with Crippen molar-refractivity contribution in [2.75, 3.05) is 11.5 Å². The van der Waals surface area contributed by atoms with Crippen LogP contribution in [0.3, 0.4) is 0 Å². The normalized spacial score (nSPS) is 20.5. The van der Waals surface area contributed by atoms with Crippen LogP contribution < -0.4 is 21.9 Å². The van der Waals surface area contributed by atoms with Crippen molar-refractivity contribution in [1.82, 2.24) is 0 Å². The van der Waals surface area contributed by atoms with Crippen molar-refractivity contribution < 1.29 is 9.84 Å². The molecule has 0 saturated heterocycles. The van der Waals surface area contributed by atoms with E-state index in [9.17, 15) is 0 Å². The molecule has 1 aliphatic heterocycles. The molecule has 164 valence electrons. The van der Waals surface area contributed by atoms with Crippen molar-refractivity contribution in [1.29, 1.82) is 0 Å². The van der Waals surface area contributed by atoms with Crippen molar-refractivity contribution in [2.45, 2.75) is 36.7 Å². The number of nitrogen functional groups attached to an aromatic ring is 1. The molecule has 0 bridgehead atoms. The van der Waals surface area contributed by atoms with E-state index in [-0.39, 0.29) is 12.0 Å².